The van der Waals surface area contributed by atoms with E-state index in [-0.39, 0.29) is 11.8 Å². The number of thiophene rings is 1. The summed E-state index contributed by atoms with van der Waals surface area (Å²) in [6.07, 6.45) is 5.18. The molecule has 0 bridgehead atoms. The summed E-state index contributed by atoms with van der Waals surface area (Å²) in [7, 11) is 0. The number of hydrogen-bond donors (Lipinski definition) is 1. The Hall–Kier alpha value is -2.93. The zero-order chi connectivity index (χ0) is 18.8. The highest BCUT2D eigenvalue weighted by molar-refractivity contribution is 7.08. The van der Waals surface area contributed by atoms with Crippen molar-refractivity contribution < 1.29 is 9.59 Å². The van der Waals surface area contributed by atoms with Crippen LogP contribution in [0.2, 0.25) is 0 Å². The van der Waals surface area contributed by atoms with E-state index in [1.807, 2.05) is 52.7 Å². The lowest BCUT2D eigenvalue weighted by Gasteiger charge is -2.23. The SMILES string of the molecule is Cc1nccn1-c1ccc(NC(=O)[C@@H]2CCCN2C(=O)c2ccsc2)cc1. The second-order valence-corrected chi connectivity index (χ2v) is 7.33. The molecule has 1 aliphatic heterocycles. The first kappa shape index (κ1) is 17.5. The average molecular weight is 380 g/mol. The molecule has 1 N–H and O–H groups in total. The first-order chi connectivity index (χ1) is 13.1. The molecule has 1 fully saturated rings. The van der Waals surface area contributed by atoms with Crippen LogP contribution in [0.25, 0.3) is 5.69 Å². The topological polar surface area (TPSA) is 67.2 Å². The molecule has 7 heteroatoms. The zero-order valence-corrected chi connectivity index (χ0v) is 15.8. The number of anilines is 1. The lowest BCUT2D eigenvalue weighted by Crippen LogP contribution is -2.43. The van der Waals surface area contributed by atoms with Crippen molar-refractivity contribution in [2.75, 3.05) is 11.9 Å². The molecule has 3 heterocycles. The Morgan fingerprint density at radius 2 is 2.04 bits per heavy atom. The maximum atomic E-state index is 12.7. The molecule has 0 spiro atoms. The van der Waals surface area contributed by atoms with Crippen LogP contribution in [0.3, 0.4) is 0 Å². The predicted octanol–water partition coefficient (Wildman–Crippen LogP) is 3.49. The van der Waals surface area contributed by atoms with Gasteiger partial charge in [-0.2, -0.15) is 11.3 Å². The number of aryl methyl sites for hydroxylation is 1. The number of benzene rings is 1. The molecule has 1 aliphatic rings. The highest BCUT2D eigenvalue weighted by atomic mass is 32.1. The Labute approximate surface area is 161 Å². The van der Waals surface area contributed by atoms with Crippen LogP contribution in [-0.4, -0.2) is 38.9 Å². The summed E-state index contributed by atoms with van der Waals surface area (Å²) in [5.41, 5.74) is 2.36. The molecule has 0 aliphatic carbocycles. The minimum atomic E-state index is -0.423. The van der Waals surface area contributed by atoms with Gasteiger partial charge < -0.3 is 14.8 Å². The van der Waals surface area contributed by atoms with Gasteiger partial charge in [-0.3, -0.25) is 9.59 Å². The molecule has 1 aromatic carbocycles. The predicted molar refractivity (Wildman–Crippen MR) is 105 cm³/mol. The molecule has 2 amide bonds. The smallest absolute Gasteiger partial charge is 0.255 e. The molecule has 3 aromatic rings. The first-order valence-electron chi connectivity index (χ1n) is 8.88. The van der Waals surface area contributed by atoms with Crippen molar-refractivity contribution in [3.05, 3.63) is 64.9 Å². The number of carbonyl (C=O) groups is 2. The highest BCUT2D eigenvalue weighted by Crippen LogP contribution is 2.23. The third kappa shape index (κ3) is 3.50. The Morgan fingerprint density at radius 1 is 1.22 bits per heavy atom. The van der Waals surface area contributed by atoms with Crippen LogP contribution in [0.5, 0.6) is 0 Å². The van der Waals surface area contributed by atoms with E-state index in [1.54, 1.807) is 17.2 Å². The van der Waals surface area contributed by atoms with Gasteiger partial charge in [0.25, 0.3) is 5.91 Å². The maximum absolute atomic E-state index is 12.7. The lowest BCUT2D eigenvalue weighted by atomic mass is 10.2. The fraction of sp³-hybridized carbons (Fsp3) is 0.250. The second-order valence-electron chi connectivity index (χ2n) is 6.55. The third-order valence-electron chi connectivity index (χ3n) is 4.82. The van der Waals surface area contributed by atoms with Gasteiger partial charge in [-0.05, 0) is 55.5 Å². The van der Waals surface area contributed by atoms with Gasteiger partial charge in [-0.15, -0.1) is 0 Å². The molecule has 0 radical (unpaired) electrons. The first-order valence-corrected chi connectivity index (χ1v) is 9.82. The van der Waals surface area contributed by atoms with E-state index in [4.69, 9.17) is 0 Å². The van der Waals surface area contributed by atoms with Crippen molar-refractivity contribution in [2.45, 2.75) is 25.8 Å². The number of likely N-dealkylation sites (tertiary alicyclic amines) is 1. The van der Waals surface area contributed by atoms with Gasteiger partial charge in [0.15, 0.2) is 0 Å². The summed E-state index contributed by atoms with van der Waals surface area (Å²) in [6, 6.07) is 8.99. The monoisotopic (exact) mass is 380 g/mol. The summed E-state index contributed by atoms with van der Waals surface area (Å²) in [4.78, 5) is 31.3. The van der Waals surface area contributed by atoms with E-state index < -0.39 is 6.04 Å². The summed E-state index contributed by atoms with van der Waals surface area (Å²) >= 11 is 1.49. The molecule has 4 rings (SSSR count). The highest BCUT2D eigenvalue weighted by Gasteiger charge is 2.34. The number of hydrogen-bond acceptors (Lipinski definition) is 4. The molecule has 1 saturated heterocycles. The summed E-state index contributed by atoms with van der Waals surface area (Å²) < 4.78 is 1.98. The van der Waals surface area contributed by atoms with E-state index in [9.17, 15) is 9.59 Å². The molecule has 0 saturated carbocycles. The summed E-state index contributed by atoms with van der Waals surface area (Å²) in [5.74, 6) is 0.697. The van der Waals surface area contributed by atoms with E-state index in [1.165, 1.54) is 11.3 Å². The van der Waals surface area contributed by atoms with Gasteiger partial charge in [0.1, 0.15) is 11.9 Å². The zero-order valence-electron chi connectivity index (χ0n) is 15.0. The van der Waals surface area contributed by atoms with Crippen molar-refractivity contribution in [3.63, 3.8) is 0 Å². The van der Waals surface area contributed by atoms with E-state index in [0.29, 0.717) is 18.5 Å². The standard InChI is InChI=1S/C20H20N4O2S/c1-14-21-9-11-23(14)17-6-4-16(5-7-17)22-19(25)18-3-2-10-24(18)20(26)15-8-12-27-13-15/h4-9,11-13,18H,2-3,10H2,1H3,(H,22,25)/t18-/m0/s1. The largest absolute Gasteiger partial charge is 0.327 e. The van der Waals surface area contributed by atoms with Crippen LogP contribution in [0.1, 0.15) is 29.0 Å². The minimum Gasteiger partial charge on any atom is -0.327 e. The van der Waals surface area contributed by atoms with Gasteiger partial charge >= 0.3 is 0 Å². The Morgan fingerprint density at radius 3 is 2.70 bits per heavy atom. The summed E-state index contributed by atoms with van der Waals surface area (Å²) in [6.45, 7) is 2.56. The van der Waals surface area contributed by atoms with Crippen molar-refractivity contribution in [3.8, 4) is 5.69 Å². The van der Waals surface area contributed by atoms with Crippen molar-refractivity contribution in [2.24, 2.45) is 0 Å². The number of imidazole rings is 1. The Bertz CT molecular complexity index is 947. The molecule has 1 atom stereocenters. The van der Waals surface area contributed by atoms with E-state index in [0.717, 1.165) is 23.6 Å². The molecule has 138 valence electrons. The minimum absolute atomic E-state index is 0.0696. The van der Waals surface area contributed by atoms with Gasteiger partial charge in [-0.25, -0.2) is 4.98 Å². The third-order valence-corrected chi connectivity index (χ3v) is 5.51. The number of nitrogens with zero attached hydrogens (tertiary/aromatic N) is 3. The van der Waals surface area contributed by atoms with E-state index >= 15 is 0 Å². The van der Waals surface area contributed by atoms with Crippen LogP contribution in [0.15, 0.2) is 53.5 Å². The van der Waals surface area contributed by atoms with Crippen LogP contribution < -0.4 is 5.32 Å². The number of nitrogens with one attached hydrogen (secondary N) is 1. The van der Waals surface area contributed by atoms with Gasteiger partial charge in [-0.1, -0.05) is 0 Å². The van der Waals surface area contributed by atoms with Crippen molar-refractivity contribution >= 4 is 28.8 Å². The van der Waals surface area contributed by atoms with Gasteiger partial charge in [0.05, 0.1) is 5.56 Å². The van der Waals surface area contributed by atoms with Gasteiger partial charge in [0.2, 0.25) is 5.91 Å². The molecule has 0 unspecified atom stereocenters. The summed E-state index contributed by atoms with van der Waals surface area (Å²) in [5, 5.41) is 6.65. The molecule has 2 aromatic heterocycles. The Kier molecular flexibility index (Phi) is 4.77. The van der Waals surface area contributed by atoms with Crippen LogP contribution in [0, 0.1) is 6.92 Å². The van der Waals surface area contributed by atoms with Crippen molar-refractivity contribution in [1.82, 2.24) is 14.5 Å². The quantitative estimate of drug-likeness (QED) is 0.753. The van der Waals surface area contributed by atoms with Crippen LogP contribution >= 0.6 is 11.3 Å². The number of aromatic nitrogens is 2. The fourth-order valence-electron chi connectivity index (χ4n) is 3.42. The van der Waals surface area contributed by atoms with Crippen molar-refractivity contribution in [1.29, 1.82) is 0 Å². The molecule has 6 nitrogen and oxygen atoms in total. The molecular weight excluding hydrogens is 360 g/mol. The normalized spacial score (nSPS) is 16.5. The van der Waals surface area contributed by atoms with Crippen LogP contribution in [0.4, 0.5) is 5.69 Å². The van der Waals surface area contributed by atoms with Crippen LogP contribution in [-0.2, 0) is 4.79 Å². The lowest BCUT2D eigenvalue weighted by molar-refractivity contribution is -0.119. The second kappa shape index (κ2) is 7.36. The van der Waals surface area contributed by atoms with E-state index in [2.05, 4.69) is 10.3 Å². The van der Waals surface area contributed by atoms with Gasteiger partial charge in [0, 0.05) is 35.7 Å². The fourth-order valence-corrected chi connectivity index (χ4v) is 4.05. The Balaban J connectivity index is 1.45. The number of rotatable bonds is 4. The average Bonchev–Trinajstić information content (AvgIpc) is 3.43. The molecule has 27 heavy (non-hydrogen) atoms. The number of carbonyl (C=O) groups excluding carboxylic acids is 2. The number of amides is 2. The molecular formula is C20H20N4O2S. The maximum Gasteiger partial charge on any atom is 0.255 e.